The number of amides is 3. The molecule has 2 aromatic heterocycles. The third kappa shape index (κ3) is 7.21. The fraction of sp³-hybridized carbons (Fsp3) is 0.458. The molecule has 0 saturated carbocycles. The van der Waals surface area contributed by atoms with Crippen molar-refractivity contribution >= 4 is 75.6 Å². The van der Waals surface area contributed by atoms with E-state index >= 15 is 0 Å². The van der Waals surface area contributed by atoms with Crippen LogP contribution in [0.25, 0.3) is 0 Å². The number of β-lactam (4-membered cyclic amide) rings is 1. The van der Waals surface area contributed by atoms with Gasteiger partial charge in [-0.15, -0.1) is 21.1 Å². The maximum atomic E-state index is 13.3. The highest BCUT2D eigenvalue weighted by molar-refractivity contribution is 8.00. The number of allylic oxidation sites excluding steroid dienone is 1. The van der Waals surface area contributed by atoms with Gasteiger partial charge in [0.05, 0.1) is 24.0 Å². The first-order valence-corrected chi connectivity index (χ1v) is 14.9. The molecule has 2 aromatic rings. The van der Waals surface area contributed by atoms with E-state index in [1.807, 2.05) is 0 Å². The van der Waals surface area contributed by atoms with E-state index < -0.39 is 40.6 Å². The molecule has 244 valence electrons. The van der Waals surface area contributed by atoms with Crippen LogP contribution in [0.2, 0.25) is 0 Å². The van der Waals surface area contributed by atoms with Gasteiger partial charge in [-0.1, -0.05) is 5.16 Å². The minimum atomic E-state index is -1.76. The van der Waals surface area contributed by atoms with E-state index in [-0.39, 0.29) is 59.7 Å². The zero-order valence-electron chi connectivity index (χ0n) is 24.4. The molecule has 4 heterocycles. The van der Waals surface area contributed by atoms with Crippen molar-refractivity contribution in [2.24, 2.45) is 23.9 Å². The van der Waals surface area contributed by atoms with Crippen LogP contribution in [0.5, 0.6) is 0 Å². The first-order valence-electron chi connectivity index (χ1n) is 13.1. The van der Waals surface area contributed by atoms with Crippen LogP contribution in [0.1, 0.15) is 26.1 Å². The first kappa shape index (κ1) is 34.9. The molecule has 0 aliphatic carbocycles. The summed E-state index contributed by atoms with van der Waals surface area (Å²) < 4.78 is 7.26. The number of aldehydes is 1. The highest BCUT2D eigenvalue weighted by Gasteiger charge is 2.53. The molecule has 10 N–H and O–H groups in total. The molecule has 19 nitrogen and oxygen atoms in total. The smallest absolute Gasteiger partial charge is 0.350 e. The van der Waals surface area contributed by atoms with Crippen LogP contribution in [0.3, 0.4) is 0 Å². The number of carboxylic acid groups (broad SMARTS) is 1. The van der Waals surface area contributed by atoms with Gasteiger partial charge in [-0.25, -0.2) is 9.59 Å². The summed E-state index contributed by atoms with van der Waals surface area (Å²) in [6, 6.07) is -0.477. The Morgan fingerprint density at radius 2 is 2.04 bits per heavy atom. The average molecular weight is 668 g/mol. The lowest BCUT2D eigenvalue weighted by Crippen LogP contribution is -2.61. The van der Waals surface area contributed by atoms with Crippen molar-refractivity contribution in [3.63, 3.8) is 0 Å². The number of aromatic nitrogens is 4. The molecule has 0 radical (unpaired) electrons. The van der Waals surface area contributed by atoms with Gasteiger partial charge in [-0.2, -0.15) is 9.36 Å². The van der Waals surface area contributed by atoms with Gasteiger partial charge in [-0.05, 0) is 13.8 Å². The Balaban J connectivity index is 0.00000552. The number of hydrogen-bond acceptors (Lipinski definition) is 15. The Bertz CT molecular complexity index is 1570. The molecule has 2 aliphatic rings. The number of fused-ring (bicyclic) bond motifs is 1. The summed E-state index contributed by atoms with van der Waals surface area (Å²) in [6.07, 6.45) is 1.89. The van der Waals surface area contributed by atoms with E-state index in [0.717, 1.165) is 11.5 Å². The number of nitrogens with zero attached hydrogens (tertiary/aromatic N) is 6. The Kier molecular flexibility index (Phi) is 10.9. The second-order valence-corrected chi connectivity index (χ2v) is 12.2. The van der Waals surface area contributed by atoms with Gasteiger partial charge in [-0.3, -0.25) is 24.6 Å². The van der Waals surface area contributed by atoms with Crippen LogP contribution < -0.4 is 32.5 Å². The highest BCUT2D eigenvalue weighted by atomic mass is 32.2. The van der Waals surface area contributed by atoms with Crippen LogP contribution in [-0.4, -0.2) is 95.0 Å². The van der Waals surface area contributed by atoms with E-state index in [2.05, 4.69) is 25.1 Å². The zero-order chi connectivity index (χ0) is 32.3. The number of ketones is 1. The molecule has 21 heteroatoms. The van der Waals surface area contributed by atoms with Crippen LogP contribution in [0.4, 0.5) is 21.4 Å². The van der Waals surface area contributed by atoms with Gasteiger partial charge < -0.3 is 37.9 Å². The number of aliphatic carboxylic acids is 1. The molecule has 0 aromatic carbocycles. The van der Waals surface area contributed by atoms with Crippen molar-refractivity contribution < 1.29 is 44.1 Å². The van der Waals surface area contributed by atoms with E-state index in [9.17, 15) is 29.1 Å². The Hall–Kier alpha value is -4.60. The number of nitrogen functional groups attached to an aromatic ring is 2. The van der Waals surface area contributed by atoms with Crippen LogP contribution >= 0.6 is 23.3 Å². The molecule has 1 unspecified atom stereocenters. The number of urea groups is 1. The maximum Gasteiger partial charge on any atom is 0.350 e. The summed E-state index contributed by atoms with van der Waals surface area (Å²) in [5.74, 6) is -2.73. The van der Waals surface area contributed by atoms with Crippen molar-refractivity contribution in [3.05, 3.63) is 23.3 Å². The number of carbonyl (C=O) groups is 5. The van der Waals surface area contributed by atoms with Gasteiger partial charge >= 0.3 is 12.0 Å². The fourth-order valence-electron chi connectivity index (χ4n) is 4.31. The molecule has 4 rings (SSSR count). The van der Waals surface area contributed by atoms with Crippen molar-refractivity contribution in [3.8, 4) is 0 Å². The number of rotatable bonds is 13. The van der Waals surface area contributed by atoms with Gasteiger partial charge in [0.15, 0.2) is 41.0 Å². The number of nitrogens with two attached hydrogens (primary N) is 3. The minimum Gasteiger partial charge on any atom is -0.870 e. The number of hydrogen-bond donors (Lipinski definition) is 6. The number of carboxylic acids is 1. The molecular weight excluding hydrogens is 634 g/mol. The third-order valence-corrected chi connectivity index (χ3v) is 8.78. The molecule has 3 amide bonds. The van der Waals surface area contributed by atoms with Gasteiger partial charge in [0.25, 0.3) is 0 Å². The van der Waals surface area contributed by atoms with Gasteiger partial charge in [0, 0.05) is 42.4 Å². The topological polar surface area (TPSA) is 297 Å². The van der Waals surface area contributed by atoms with Crippen LogP contribution in [0, 0.1) is 5.92 Å². The normalized spacial score (nSPS) is 18.0. The van der Waals surface area contributed by atoms with E-state index in [1.165, 1.54) is 30.5 Å². The molecule has 2 aliphatic heterocycles. The predicted octanol–water partition coefficient (Wildman–Crippen LogP) is -1.54. The largest absolute Gasteiger partial charge is 0.870 e. The quantitative estimate of drug-likeness (QED) is 0.0464. The van der Waals surface area contributed by atoms with Crippen molar-refractivity contribution in [2.45, 2.75) is 37.8 Å². The Morgan fingerprint density at radius 3 is 2.64 bits per heavy atom. The number of anilines is 3. The molecule has 1 fully saturated rings. The lowest BCUT2D eigenvalue weighted by Gasteiger charge is -2.49. The van der Waals surface area contributed by atoms with Crippen molar-refractivity contribution in [1.82, 2.24) is 24.3 Å². The molecular formula is C24H33N11O8S2. The lowest BCUT2D eigenvalue weighted by molar-refractivity contribution is -0.765. The van der Waals surface area contributed by atoms with Crippen LogP contribution in [-0.2, 0) is 37.6 Å². The standard InChI is InChI=1S/C24H31N11O7S2.H2O/c1-24(2,21(39)40)42-31-16(18-30-22(27)44-32-18)15(37)6-12-19(38)35-14(9-36)11(10-43-20(12)35)7-34-8-13(17(26)33(34)3)29-23(41)28-5-4-25;/h8-9,12,20,26H,4-7,10,25H2,1-3H3,(H5,27,28,29,30,32,39,40,41);1H2/b31-16+;/t12-,20?;/m0./s1. The summed E-state index contributed by atoms with van der Waals surface area (Å²) in [6.45, 7) is 3.25. The lowest BCUT2D eigenvalue weighted by atomic mass is 9.89. The summed E-state index contributed by atoms with van der Waals surface area (Å²) in [7, 11) is 1.68. The summed E-state index contributed by atoms with van der Waals surface area (Å²) in [5.41, 5.74) is 16.3. The third-order valence-electron chi connectivity index (χ3n) is 6.84. The summed E-state index contributed by atoms with van der Waals surface area (Å²) in [4.78, 5) is 72.7. The van der Waals surface area contributed by atoms with Crippen molar-refractivity contribution in [1.29, 1.82) is 0 Å². The Labute approximate surface area is 264 Å². The number of oxime groups is 1. The van der Waals surface area contributed by atoms with Gasteiger partial charge in [0.1, 0.15) is 0 Å². The number of thioether (sulfide) groups is 1. The zero-order valence-corrected chi connectivity index (χ0v) is 26.1. The van der Waals surface area contributed by atoms with Crippen LogP contribution in [0.15, 0.2) is 22.6 Å². The molecule has 2 atom stereocenters. The van der Waals surface area contributed by atoms with E-state index in [1.54, 1.807) is 22.6 Å². The van der Waals surface area contributed by atoms with E-state index in [0.29, 0.717) is 23.3 Å². The average Bonchev–Trinajstić information content (AvgIpc) is 3.52. The second kappa shape index (κ2) is 14.0. The summed E-state index contributed by atoms with van der Waals surface area (Å²) in [5, 5.41) is 17.9. The first-order chi connectivity index (χ1) is 20.8. The molecule has 1 saturated heterocycles. The molecule has 0 bridgehead atoms. The molecule has 0 spiro atoms. The van der Waals surface area contributed by atoms with E-state index in [4.69, 9.17) is 22.0 Å². The maximum absolute atomic E-state index is 13.3. The SMILES string of the molecule is Cn1c(N)c(NC(=O)NCCN)c[n+]1CC1=C(C=O)N2C(=O)[C@H](CC(=O)/C(=N\OC(C)(C)C(=O)O)c3nsc(N)n3)C2SC1.[OH-]. The predicted molar refractivity (Wildman–Crippen MR) is 161 cm³/mol. The monoisotopic (exact) mass is 667 g/mol. The van der Waals surface area contributed by atoms with Crippen molar-refractivity contribution in [2.75, 3.05) is 35.6 Å². The summed E-state index contributed by atoms with van der Waals surface area (Å²) >= 11 is 2.18. The minimum absolute atomic E-state index is 0. The number of nitrogens with one attached hydrogen (secondary N) is 2. The fourth-order valence-corrected chi connectivity index (χ4v) is 6.17. The second-order valence-electron chi connectivity index (χ2n) is 10.3. The van der Waals surface area contributed by atoms with Gasteiger partial charge in [0.2, 0.25) is 23.5 Å². The molecule has 45 heavy (non-hydrogen) atoms. The number of Topliss-reactive ketones (excluding diaryl/α,β-unsaturated/α-hetero) is 1. The number of carbonyl (C=O) groups excluding carboxylic acids is 4. The highest BCUT2D eigenvalue weighted by Crippen LogP contribution is 2.44. The Morgan fingerprint density at radius 1 is 1.33 bits per heavy atom.